The molecular formula is C15H18IN3. The second-order valence-electron chi connectivity index (χ2n) is 4.52. The smallest absolute Gasteiger partial charge is 0.161 e. The molecule has 0 saturated carbocycles. The van der Waals surface area contributed by atoms with Gasteiger partial charge in [-0.05, 0) is 35.9 Å². The molecule has 0 radical (unpaired) electrons. The van der Waals surface area contributed by atoms with Crippen molar-refractivity contribution in [3.05, 3.63) is 39.1 Å². The van der Waals surface area contributed by atoms with Crippen LogP contribution in [0.3, 0.4) is 0 Å². The van der Waals surface area contributed by atoms with Crippen molar-refractivity contribution in [1.29, 1.82) is 0 Å². The van der Waals surface area contributed by atoms with E-state index in [1.54, 1.807) is 0 Å². The van der Waals surface area contributed by atoms with Crippen LogP contribution in [0.1, 0.15) is 24.6 Å². The predicted molar refractivity (Wildman–Crippen MR) is 88.5 cm³/mol. The molecule has 0 atom stereocenters. The van der Waals surface area contributed by atoms with E-state index in [0.717, 1.165) is 39.3 Å². The molecule has 0 amide bonds. The summed E-state index contributed by atoms with van der Waals surface area (Å²) in [5.41, 5.74) is 3.44. The van der Waals surface area contributed by atoms with E-state index in [9.17, 15) is 0 Å². The van der Waals surface area contributed by atoms with Gasteiger partial charge < -0.3 is 5.32 Å². The van der Waals surface area contributed by atoms with Gasteiger partial charge >= 0.3 is 0 Å². The Balaban J connectivity index is 2.51. The molecule has 0 saturated heterocycles. The number of hydrogen-bond donors (Lipinski definition) is 1. The number of halogens is 1. The maximum absolute atomic E-state index is 4.71. The third-order valence-electron chi connectivity index (χ3n) is 2.95. The van der Waals surface area contributed by atoms with Crippen molar-refractivity contribution in [1.82, 2.24) is 9.97 Å². The first-order valence-electron chi connectivity index (χ1n) is 6.47. The summed E-state index contributed by atoms with van der Waals surface area (Å²) in [5.74, 6) is 1.71. The third kappa shape index (κ3) is 3.23. The van der Waals surface area contributed by atoms with Crippen LogP contribution < -0.4 is 5.32 Å². The first kappa shape index (κ1) is 14.2. The highest BCUT2D eigenvalue weighted by Gasteiger charge is 2.11. The molecule has 1 heterocycles. The van der Waals surface area contributed by atoms with Gasteiger partial charge in [-0.3, -0.25) is 0 Å². The topological polar surface area (TPSA) is 37.8 Å². The first-order chi connectivity index (χ1) is 9.15. The Morgan fingerprint density at radius 2 is 1.84 bits per heavy atom. The number of aromatic nitrogens is 2. The summed E-state index contributed by atoms with van der Waals surface area (Å²) >= 11 is 2.32. The molecule has 0 aliphatic rings. The molecule has 4 heteroatoms. The second kappa shape index (κ2) is 6.32. The van der Waals surface area contributed by atoms with Crippen molar-refractivity contribution in [2.75, 3.05) is 12.4 Å². The minimum atomic E-state index is 0.799. The molecule has 0 spiro atoms. The number of aryl methyl sites for hydroxylation is 2. The van der Waals surface area contributed by atoms with Crippen molar-refractivity contribution in [3.63, 3.8) is 0 Å². The second-order valence-corrected chi connectivity index (χ2v) is 5.60. The molecular weight excluding hydrogens is 349 g/mol. The van der Waals surface area contributed by atoms with Gasteiger partial charge in [0.15, 0.2) is 5.82 Å². The molecule has 0 aliphatic carbocycles. The lowest BCUT2D eigenvalue weighted by Gasteiger charge is -2.11. The van der Waals surface area contributed by atoms with Crippen molar-refractivity contribution in [2.45, 2.75) is 26.7 Å². The molecule has 100 valence electrons. The summed E-state index contributed by atoms with van der Waals surface area (Å²) in [7, 11) is 1.90. The van der Waals surface area contributed by atoms with Crippen LogP contribution in [0.2, 0.25) is 0 Å². The SMILES string of the molecule is CCCc1nc(-c2ccc(C)cc2)nc(NC)c1I. The number of benzene rings is 1. The normalized spacial score (nSPS) is 10.5. The van der Waals surface area contributed by atoms with Crippen molar-refractivity contribution in [2.24, 2.45) is 0 Å². The minimum Gasteiger partial charge on any atom is -0.372 e. The Hall–Kier alpha value is -1.17. The number of anilines is 1. The molecule has 2 rings (SSSR count). The van der Waals surface area contributed by atoms with E-state index < -0.39 is 0 Å². The summed E-state index contributed by atoms with van der Waals surface area (Å²) in [6.45, 7) is 4.25. The predicted octanol–water partition coefficient (Wildman–Crippen LogP) is 4.05. The Bertz CT molecular complexity index is 564. The molecule has 0 unspecified atom stereocenters. The van der Waals surface area contributed by atoms with Crippen LogP contribution in [-0.2, 0) is 6.42 Å². The lowest BCUT2D eigenvalue weighted by atomic mass is 10.1. The van der Waals surface area contributed by atoms with Crippen LogP contribution >= 0.6 is 22.6 Å². The van der Waals surface area contributed by atoms with Gasteiger partial charge in [-0.15, -0.1) is 0 Å². The summed E-state index contributed by atoms with van der Waals surface area (Å²) in [6, 6.07) is 8.34. The highest BCUT2D eigenvalue weighted by molar-refractivity contribution is 14.1. The van der Waals surface area contributed by atoms with Crippen molar-refractivity contribution >= 4 is 28.4 Å². The largest absolute Gasteiger partial charge is 0.372 e. The van der Waals surface area contributed by atoms with E-state index in [2.05, 4.69) is 71.0 Å². The number of rotatable bonds is 4. The summed E-state index contributed by atoms with van der Waals surface area (Å²) < 4.78 is 1.12. The monoisotopic (exact) mass is 367 g/mol. The zero-order valence-electron chi connectivity index (χ0n) is 11.5. The Kier molecular flexibility index (Phi) is 4.74. The maximum Gasteiger partial charge on any atom is 0.161 e. The highest BCUT2D eigenvalue weighted by Crippen LogP contribution is 2.24. The first-order valence-corrected chi connectivity index (χ1v) is 7.54. The van der Waals surface area contributed by atoms with Gasteiger partial charge in [-0.1, -0.05) is 43.2 Å². The van der Waals surface area contributed by atoms with Gasteiger partial charge in [0.25, 0.3) is 0 Å². The van der Waals surface area contributed by atoms with E-state index in [1.807, 2.05) is 7.05 Å². The van der Waals surface area contributed by atoms with Crippen molar-refractivity contribution in [3.8, 4) is 11.4 Å². The fourth-order valence-electron chi connectivity index (χ4n) is 1.89. The summed E-state index contributed by atoms with van der Waals surface area (Å²) in [4.78, 5) is 9.32. The molecule has 1 N–H and O–H groups in total. The zero-order valence-corrected chi connectivity index (χ0v) is 13.7. The summed E-state index contributed by atoms with van der Waals surface area (Å²) in [5, 5.41) is 3.16. The molecule has 19 heavy (non-hydrogen) atoms. The van der Waals surface area contributed by atoms with E-state index in [-0.39, 0.29) is 0 Å². The molecule has 2 aromatic rings. The Morgan fingerprint density at radius 3 is 2.42 bits per heavy atom. The van der Waals surface area contributed by atoms with E-state index in [4.69, 9.17) is 4.98 Å². The zero-order chi connectivity index (χ0) is 13.8. The van der Waals surface area contributed by atoms with Gasteiger partial charge in [0.05, 0.1) is 9.26 Å². The lowest BCUT2D eigenvalue weighted by Crippen LogP contribution is -2.05. The third-order valence-corrected chi connectivity index (χ3v) is 4.09. The van der Waals surface area contributed by atoms with Crippen LogP contribution in [0.5, 0.6) is 0 Å². The van der Waals surface area contributed by atoms with Gasteiger partial charge in [-0.25, -0.2) is 9.97 Å². The molecule has 1 aromatic carbocycles. The quantitative estimate of drug-likeness (QED) is 0.829. The molecule has 1 aromatic heterocycles. The Labute approximate surface area is 128 Å². The van der Waals surface area contributed by atoms with E-state index >= 15 is 0 Å². The van der Waals surface area contributed by atoms with Gasteiger partial charge in [0, 0.05) is 12.6 Å². The summed E-state index contributed by atoms with van der Waals surface area (Å²) in [6.07, 6.45) is 2.07. The molecule has 0 aliphatic heterocycles. The van der Waals surface area contributed by atoms with Crippen LogP contribution in [0.4, 0.5) is 5.82 Å². The van der Waals surface area contributed by atoms with E-state index in [1.165, 1.54) is 5.56 Å². The van der Waals surface area contributed by atoms with Gasteiger partial charge in [-0.2, -0.15) is 0 Å². The fraction of sp³-hybridized carbons (Fsp3) is 0.333. The Morgan fingerprint density at radius 1 is 1.16 bits per heavy atom. The minimum absolute atomic E-state index is 0.799. The van der Waals surface area contributed by atoms with Crippen LogP contribution in [0.15, 0.2) is 24.3 Å². The van der Waals surface area contributed by atoms with Crippen LogP contribution in [0.25, 0.3) is 11.4 Å². The van der Waals surface area contributed by atoms with E-state index in [0.29, 0.717) is 0 Å². The number of hydrogen-bond acceptors (Lipinski definition) is 3. The number of nitrogens with one attached hydrogen (secondary N) is 1. The van der Waals surface area contributed by atoms with Gasteiger partial charge in [0.1, 0.15) is 5.82 Å². The fourth-order valence-corrected chi connectivity index (χ4v) is 2.67. The average molecular weight is 367 g/mol. The van der Waals surface area contributed by atoms with Gasteiger partial charge in [0.2, 0.25) is 0 Å². The molecule has 0 bridgehead atoms. The average Bonchev–Trinajstić information content (AvgIpc) is 2.42. The maximum atomic E-state index is 4.71. The van der Waals surface area contributed by atoms with Crippen LogP contribution in [-0.4, -0.2) is 17.0 Å². The standard InChI is InChI=1S/C15H18IN3/c1-4-5-12-13(16)15(17-3)19-14(18-12)11-8-6-10(2)7-9-11/h6-9H,4-5H2,1-3H3,(H,17,18,19). The molecule has 3 nitrogen and oxygen atoms in total. The lowest BCUT2D eigenvalue weighted by molar-refractivity contribution is 0.868. The van der Waals surface area contributed by atoms with Crippen molar-refractivity contribution < 1.29 is 0 Å². The number of nitrogens with zero attached hydrogens (tertiary/aromatic N) is 2. The van der Waals surface area contributed by atoms with Crippen LogP contribution in [0, 0.1) is 10.5 Å². The molecule has 0 fully saturated rings. The highest BCUT2D eigenvalue weighted by atomic mass is 127.